The highest BCUT2D eigenvalue weighted by atomic mass is 16.5. The summed E-state index contributed by atoms with van der Waals surface area (Å²) in [6, 6.07) is 30.2. The van der Waals surface area contributed by atoms with Gasteiger partial charge in [-0.1, -0.05) is 86.3 Å². The topological polar surface area (TPSA) is 190 Å². The molecule has 14 nitrogen and oxygen atoms in total. The molecule has 0 aliphatic heterocycles. The number of aromatic hydroxyl groups is 1. The van der Waals surface area contributed by atoms with E-state index in [1.807, 2.05) is 110 Å². The van der Waals surface area contributed by atoms with Gasteiger partial charge in [0.25, 0.3) is 11.8 Å². The van der Waals surface area contributed by atoms with Gasteiger partial charge >= 0.3 is 0 Å². The van der Waals surface area contributed by atoms with Crippen LogP contribution in [0.25, 0.3) is 33.2 Å². The number of nitrogens with zero attached hydrogens (tertiary/aromatic N) is 6. The number of pyridine rings is 2. The van der Waals surface area contributed by atoms with Gasteiger partial charge < -0.3 is 30.7 Å². The summed E-state index contributed by atoms with van der Waals surface area (Å²) in [5.41, 5.74) is 4.65. The van der Waals surface area contributed by atoms with Crippen LogP contribution in [-0.2, 0) is 12.8 Å². The van der Waals surface area contributed by atoms with Crippen molar-refractivity contribution in [2.45, 2.75) is 88.5 Å². The van der Waals surface area contributed by atoms with Crippen LogP contribution in [0.3, 0.4) is 0 Å². The standard InChI is InChI=1S/C27H28N4O3.C26H26N4O3/c1-34-26-21-8-3-2-7-20(21)19(15-18-11-12-25(28-17-18)31-14-6-13-29-31)16-22(26)27(33)30-23-9-4-5-10-24(23)32;31-23-9-4-3-8-22(23)29-26(33)21-15-18(19-6-1-2-7-20(19)25(21)32)14-17-10-11-24(27-16-17)30-13-5-12-28-30/h2-3,6-8,11-14,16-17,23-24,32H,4-5,9-10,15H2,1H3,(H,30,33);1-2,5-7,10-13,15-16,22-23,31-32H,3-4,8-9,14H2,(H,29,33)/t23-,24-;22-,23-/m00/s1. The van der Waals surface area contributed by atoms with Crippen molar-refractivity contribution in [2.24, 2.45) is 0 Å². The molecule has 0 radical (unpaired) electrons. The van der Waals surface area contributed by atoms with Crippen LogP contribution in [0.4, 0.5) is 0 Å². The molecule has 4 atom stereocenters. The van der Waals surface area contributed by atoms with E-state index >= 15 is 0 Å². The average Bonchev–Trinajstić information content (AvgIpc) is 4.11. The smallest absolute Gasteiger partial charge is 0.255 e. The van der Waals surface area contributed by atoms with Gasteiger partial charge in [0, 0.05) is 48.0 Å². The van der Waals surface area contributed by atoms with Crippen molar-refractivity contribution in [1.82, 2.24) is 40.2 Å². The minimum Gasteiger partial charge on any atom is -0.506 e. The van der Waals surface area contributed by atoms with Gasteiger partial charge in [-0.15, -0.1) is 0 Å². The number of aromatic nitrogens is 6. The average molecular weight is 899 g/mol. The van der Waals surface area contributed by atoms with Crippen molar-refractivity contribution in [1.29, 1.82) is 0 Å². The van der Waals surface area contributed by atoms with Crippen molar-refractivity contribution < 1.29 is 29.6 Å². The van der Waals surface area contributed by atoms with Gasteiger partial charge in [-0.2, -0.15) is 10.2 Å². The molecule has 67 heavy (non-hydrogen) atoms. The predicted octanol–water partition coefficient (Wildman–Crippen LogP) is 7.80. The van der Waals surface area contributed by atoms with Gasteiger partial charge in [-0.05, 0) is 108 Å². The Morgan fingerprint density at radius 3 is 1.54 bits per heavy atom. The molecule has 2 aliphatic carbocycles. The van der Waals surface area contributed by atoms with Gasteiger partial charge in [0.15, 0.2) is 11.6 Å². The number of fused-ring (bicyclic) bond motifs is 2. The Balaban J connectivity index is 0.000000168. The number of methoxy groups -OCH3 is 1. The zero-order chi connectivity index (χ0) is 46.3. The molecule has 342 valence electrons. The van der Waals surface area contributed by atoms with E-state index in [2.05, 4.69) is 30.8 Å². The minimum atomic E-state index is -0.552. The minimum absolute atomic E-state index is 0.0377. The predicted molar refractivity (Wildman–Crippen MR) is 256 cm³/mol. The number of benzene rings is 4. The highest BCUT2D eigenvalue weighted by molar-refractivity contribution is 6.06. The SMILES string of the molecule is COc1c(C(=O)N[C@H]2CCCC[C@@H]2O)cc(Cc2ccc(-n3cccn3)nc2)c2ccccc12.O=C(N[C@H]1CCCC[C@@H]1O)c1cc(Cc2ccc(-n3cccn3)nc2)c2ccccc2c1O. The largest absolute Gasteiger partial charge is 0.506 e. The Kier molecular flexibility index (Phi) is 13.6. The molecule has 14 heteroatoms. The molecule has 0 unspecified atom stereocenters. The summed E-state index contributed by atoms with van der Waals surface area (Å²) < 4.78 is 9.13. The number of carbonyl (C=O) groups excluding carboxylic acids is 2. The molecule has 4 aromatic carbocycles. The molecule has 0 bridgehead atoms. The number of aliphatic hydroxyl groups is 2. The van der Waals surface area contributed by atoms with E-state index in [9.17, 15) is 24.9 Å². The number of hydrogen-bond donors (Lipinski definition) is 5. The Hall–Kier alpha value is -7.42. The molecular weight excluding hydrogens is 845 g/mol. The van der Waals surface area contributed by atoms with Gasteiger partial charge in [0.05, 0.1) is 42.5 Å². The Bertz CT molecular complexity index is 2960. The lowest BCUT2D eigenvalue weighted by molar-refractivity contribution is 0.0713. The lowest BCUT2D eigenvalue weighted by atomic mass is 9.91. The second-order valence-corrected chi connectivity index (χ2v) is 17.3. The monoisotopic (exact) mass is 898 g/mol. The third-order valence-corrected chi connectivity index (χ3v) is 12.9. The van der Waals surface area contributed by atoms with E-state index in [0.29, 0.717) is 42.4 Å². The van der Waals surface area contributed by atoms with E-state index in [-0.39, 0.29) is 35.2 Å². The summed E-state index contributed by atoms with van der Waals surface area (Å²) >= 11 is 0. The summed E-state index contributed by atoms with van der Waals surface area (Å²) in [5.74, 6) is 1.41. The molecular formula is C53H54N8O6. The van der Waals surface area contributed by atoms with Crippen LogP contribution in [0.5, 0.6) is 11.5 Å². The highest BCUT2D eigenvalue weighted by Crippen LogP contribution is 2.36. The van der Waals surface area contributed by atoms with Crippen molar-refractivity contribution in [3.05, 3.63) is 168 Å². The van der Waals surface area contributed by atoms with Crippen LogP contribution in [0.2, 0.25) is 0 Å². The number of phenolic OH excluding ortho intramolecular Hbond substituents is 1. The Morgan fingerprint density at radius 2 is 1.07 bits per heavy atom. The summed E-state index contributed by atoms with van der Waals surface area (Å²) in [6.45, 7) is 0. The van der Waals surface area contributed by atoms with Crippen molar-refractivity contribution in [3.63, 3.8) is 0 Å². The summed E-state index contributed by atoms with van der Waals surface area (Å²) in [4.78, 5) is 35.5. The van der Waals surface area contributed by atoms with Gasteiger partial charge in [0.2, 0.25) is 0 Å². The second kappa shape index (κ2) is 20.4. The number of nitrogens with one attached hydrogen (secondary N) is 2. The van der Waals surface area contributed by atoms with Crippen LogP contribution in [0.15, 0.2) is 134 Å². The van der Waals surface area contributed by atoms with Crippen molar-refractivity contribution in [2.75, 3.05) is 7.11 Å². The van der Waals surface area contributed by atoms with E-state index in [1.54, 1.807) is 41.1 Å². The molecule has 2 saturated carbocycles. The molecule has 0 spiro atoms. The normalized spacial score (nSPS) is 18.2. The summed E-state index contributed by atoms with van der Waals surface area (Å²) in [6.07, 6.45) is 17.7. The number of hydrogen-bond acceptors (Lipinski definition) is 10. The first-order valence-electron chi connectivity index (χ1n) is 22.9. The third-order valence-electron chi connectivity index (χ3n) is 12.9. The van der Waals surface area contributed by atoms with Crippen LogP contribution in [0, 0.1) is 0 Å². The zero-order valence-electron chi connectivity index (χ0n) is 37.3. The van der Waals surface area contributed by atoms with Crippen LogP contribution < -0.4 is 15.4 Å². The van der Waals surface area contributed by atoms with Crippen molar-refractivity contribution >= 4 is 33.4 Å². The van der Waals surface area contributed by atoms with Gasteiger partial charge in [0.1, 0.15) is 11.5 Å². The fourth-order valence-electron chi connectivity index (χ4n) is 9.33. The first kappa shape index (κ1) is 44.8. The first-order chi connectivity index (χ1) is 32.7. The molecule has 2 fully saturated rings. The molecule has 4 heterocycles. The maximum absolute atomic E-state index is 13.3. The number of carbonyl (C=O) groups is 2. The molecule has 2 aliphatic rings. The molecule has 4 aromatic heterocycles. The van der Waals surface area contributed by atoms with Crippen molar-refractivity contribution in [3.8, 4) is 23.1 Å². The van der Waals surface area contributed by atoms with E-state index < -0.39 is 12.2 Å². The Labute approximate surface area is 388 Å². The summed E-state index contributed by atoms with van der Waals surface area (Å²) in [5, 5.41) is 49.3. The fraction of sp³-hybridized carbons (Fsp3) is 0.283. The molecule has 10 rings (SSSR count). The first-order valence-corrected chi connectivity index (χ1v) is 22.9. The maximum atomic E-state index is 13.3. The lowest BCUT2D eigenvalue weighted by Gasteiger charge is -2.28. The maximum Gasteiger partial charge on any atom is 0.255 e. The third kappa shape index (κ3) is 10.1. The number of phenols is 1. The van der Waals surface area contributed by atoms with E-state index in [0.717, 1.165) is 88.6 Å². The number of aliphatic hydroxyl groups excluding tert-OH is 2. The van der Waals surface area contributed by atoms with Gasteiger partial charge in [-0.25, -0.2) is 19.3 Å². The van der Waals surface area contributed by atoms with Crippen LogP contribution in [-0.4, -0.2) is 88.1 Å². The lowest BCUT2D eigenvalue weighted by Crippen LogP contribution is -2.45. The molecule has 5 N–H and O–H groups in total. The van der Waals surface area contributed by atoms with Crippen LogP contribution in [0.1, 0.15) is 94.3 Å². The van der Waals surface area contributed by atoms with E-state index in [1.165, 1.54) is 0 Å². The number of rotatable bonds is 11. The molecule has 2 amide bonds. The molecule has 8 aromatic rings. The quantitative estimate of drug-likeness (QED) is 0.0857. The molecule has 0 saturated heterocycles. The van der Waals surface area contributed by atoms with Crippen LogP contribution >= 0.6 is 0 Å². The second-order valence-electron chi connectivity index (χ2n) is 17.3. The Morgan fingerprint density at radius 1 is 0.612 bits per heavy atom. The summed E-state index contributed by atoms with van der Waals surface area (Å²) in [7, 11) is 1.59. The number of amides is 2. The zero-order valence-corrected chi connectivity index (χ0v) is 37.3. The van der Waals surface area contributed by atoms with E-state index in [4.69, 9.17) is 4.74 Å². The highest BCUT2D eigenvalue weighted by Gasteiger charge is 2.28. The number of ether oxygens (including phenoxy) is 1. The fourth-order valence-corrected chi connectivity index (χ4v) is 9.33. The van der Waals surface area contributed by atoms with Gasteiger partial charge in [-0.3, -0.25) is 9.59 Å².